The van der Waals surface area contributed by atoms with Crippen molar-refractivity contribution in [1.29, 1.82) is 0 Å². The van der Waals surface area contributed by atoms with Gasteiger partial charge in [-0.05, 0) is 25.6 Å². The molecule has 242 valence electrons. The van der Waals surface area contributed by atoms with Crippen LogP contribution in [0.2, 0.25) is 10.0 Å². The average molecular weight is 667 g/mol. The first kappa shape index (κ1) is 32.1. The Morgan fingerprint density at radius 3 is 2.04 bits per heavy atom. The van der Waals surface area contributed by atoms with Gasteiger partial charge in [0, 0.05) is 82.8 Å². The van der Waals surface area contributed by atoms with E-state index in [9.17, 15) is 14.7 Å². The third-order valence-corrected chi connectivity index (χ3v) is 9.47. The van der Waals surface area contributed by atoms with Crippen LogP contribution in [0.5, 0.6) is 0 Å². The van der Waals surface area contributed by atoms with Gasteiger partial charge < -0.3 is 24.9 Å². The summed E-state index contributed by atoms with van der Waals surface area (Å²) in [7, 11) is 3.68. The Balaban J connectivity index is 1.21. The monoisotopic (exact) mass is 665 g/mol. The number of nitrogens with zero attached hydrogens (tertiary/aromatic N) is 7. The Bertz CT molecular complexity index is 1820. The number of likely N-dealkylation sites (N-methyl/N-ethyl adjacent to an activating group) is 1. The number of fused-ring (bicyclic) bond motifs is 2. The molecule has 5 heterocycles. The Hall–Kier alpha value is -3.81. The fourth-order valence-electron chi connectivity index (χ4n) is 6.27. The number of halogens is 2. The number of β-amino-alcohol motifs (C(OH)–C–C–N with tert-alkyl or cyclic N) is 1. The SMILES string of the molecule is CCN1CCc2c(nc(C(=O)Nc3ccnc(-c4cccc(NC(=O)c5nc6c(n5C)CCN(C[C@H](C)O)C6)c4Cl)c3Cl)n2C)C1. The number of aromatic nitrogens is 5. The van der Waals surface area contributed by atoms with Crippen LogP contribution in [0.3, 0.4) is 0 Å². The zero-order valence-corrected chi connectivity index (χ0v) is 27.8. The lowest BCUT2D eigenvalue weighted by molar-refractivity contribution is 0.100. The molecule has 4 aromatic rings. The van der Waals surface area contributed by atoms with E-state index >= 15 is 0 Å². The fourth-order valence-corrected chi connectivity index (χ4v) is 6.79. The maximum atomic E-state index is 13.4. The zero-order valence-electron chi connectivity index (χ0n) is 26.3. The lowest BCUT2D eigenvalue weighted by atomic mass is 10.1. The smallest absolute Gasteiger partial charge is 0.291 e. The summed E-state index contributed by atoms with van der Waals surface area (Å²) in [6.07, 6.45) is 2.66. The number of benzene rings is 1. The van der Waals surface area contributed by atoms with Crippen LogP contribution in [0.15, 0.2) is 30.5 Å². The van der Waals surface area contributed by atoms with Crippen LogP contribution in [0.1, 0.15) is 57.9 Å². The predicted octanol–water partition coefficient (Wildman–Crippen LogP) is 4.14. The minimum absolute atomic E-state index is 0.205. The number of anilines is 2. The number of carbonyl (C=O) groups is 2. The van der Waals surface area contributed by atoms with Gasteiger partial charge in [-0.2, -0.15) is 0 Å². The summed E-state index contributed by atoms with van der Waals surface area (Å²) in [4.78, 5) is 44.9. The van der Waals surface area contributed by atoms with E-state index in [1.54, 1.807) is 37.4 Å². The highest BCUT2D eigenvalue weighted by molar-refractivity contribution is 6.39. The molecule has 0 fully saturated rings. The summed E-state index contributed by atoms with van der Waals surface area (Å²) in [5.41, 5.74) is 5.36. The van der Waals surface area contributed by atoms with Crippen LogP contribution in [0, 0.1) is 0 Å². The van der Waals surface area contributed by atoms with E-state index in [2.05, 4.69) is 42.3 Å². The maximum Gasteiger partial charge on any atom is 0.291 e. The maximum absolute atomic E-state index is 13.4. The molecule has 6 rings (SSSR count). The molecule has 0 saturated heterocycles. The van der Waals surface area contributed by atoms with Crippen molar-refractivity contribution >= 4 is 46.4 Å². The van der Waals surface area contributed by atoms with Gasteiger partial charge in [-0.3, -0.25) is 24.4 Å². The molecule has 3 N–H and O–H groups in total. The van der Waals surface area contributed by atoms with Gasteiger partial charge in [0.15, 0.2) is 11.6 Å². The van der Waals surface area contributed by atoms with E-state index in [4.69, 9.17) is 23.2 Å². The van der Waals surface area contributed by atoms with Crippen LogP contribution in [0.4, 0.5) is 11.4 Å². The van der Waals surface area contributed by atoms with Crippen molar-refractivity contribution in [2.75, 3.05) is 36.8 Å². The topological polar surface area (TPSA) is 133 Å². The van der Waals surface area contributed by atoms with E-state index in [0.717, 1.165) is 55.3 Å². The van der Waals surface area contributed by atoms with Crippen LogP contribution >= 0.6 is 23.2 Å². The molecule has 1 aromatic carbocycles. The summed E-state index contributed by atoms with van der Waals surface area (Å²) in [6, 6.07) is 6.81. The number of hydrogen-bond acceptors (Lipinski definition) is 8. The molecule has 2 aliphatic rings. The minimum Gasteiger partial charge on any atom is -0.392 e. The summed E-state index contributed by atoms with van der Waals surface area (Å²) >= 11 is 13.6. The predicted molar refractivity (Wildman–Crippen MR) is 177 cm³/mol. The molecule has 2 amide bonds. The van der Waals surface area contributed by atoms with Gasteiger partial charge in [0.2, 0.25) is 0 Å². The van der Waals surface area contributed by atoms with Gasteiger partial charge in [0.1, 0.15) is 0 Å². The van der Waals surface area contributed by atoms with Crippen LogP contribution in [-0.4, -0.2) is 83.1 Å². The first-order chi connectivity index (χ1) is 22.0. The van der Waals surface area contributed by atoms with Crippen LogP contribution < -0.4 is 10.6 Å². The zero-order chi connectivity index (χ0) is 32.7. The van der Waals surface area contributed by atoms with Gasteiger partial charge in [0.05, 0.1) is 44.6 Å². The number of aliphatic hydroxyl groups excluding tert-OH is 1. The first-order valence-corrected chi connectivity index (χ1v) is 16.1. The third kappa shape index (κ3) is 6.15. The van der Waals surface area contributed by atoms with E-state index < -0.39 is 12.0 Å². The van der Waals surface area contributed by atoms with E-state index in [1.165, 1.54) is 0 Å². The Morgan fingerprint density at radius 2 is 1.46 bits per heavy atom. The van der Waals surface area contributed by atoms with Crippen LogP contribution in [0.25, 0.3) is 11.3 Å². The van der Waals surface area contributed by atoms with Gasteiger partial charge >= 0.3 is 0 Å². The summed E-state index contributed by atoms with van der Waals surface area (Å²) in [5, 5.41) is 16.0. The molecule has 1 atom stereocenters. The van der Waals surface area contributed by atoms with Crippen molar-refractivity contribution in [1.82, 2.24) is 33.9 Å². The number of aliphatic hydroxyl groups is 1. The molecule has 46 heavy (non-hydrogen) atoms. The van der Waals surface area contributed by atoms with E-state index in [1.807, 2.05) is 23.2 Å². The number of carbonyl (C=O) groups excluding carboxylic acids is 2. The van der Waals surface area contributed by atoms with Crippen molar-refractivity contribution in [3.8, 4) is 11.3 Å². The Labute approximate surface area is 277 Å². The number of nitrogens with one attached hydrogen (secondary N) is 2. The van der Waals surface area contributed by atoms with Gasteiger partial charge in [-0.15, -0.1) is 0 Å². The fraction of sp³-hybridized carbons (Fsp3) is 0.406. The van der Waals surface area contributed by atoms with E-state index in [-0.39, 0.29) is 21.8 Å². The third-order valence-electron chi connectivity index (χ3n) is 8.68. The van der Waals surface area contributed by atoms with Crippen molar-refractivity contribution in [3.63, 3.8) is 0 Å². The number of amides is 2. The molecular weight excluding hydrogens is 629 g/mol. The van der Waals surface area contributed by atoms with Crippen molar-refractivity contribution < 1.29 is 14.7 Å². The number of pyridine rings is 1. The second-order valence-corrected chi connectivity index (χ2v) is 12.6. The Kier molecular flexibility index (Phi) is 9.17. The second kappa shape index (κ2) is 13.1. The molecule has 0 saturated carbocycles. The van der Waals surface area contributed by atoms with Crippen molar-refractivity contribution in [2.45, 2.75) is 45.9 Å². The number of hydrogen-bond donors (Lipinski definition) is 3. The van der Waals surface area contributed by atoms with E-state index in [0.29, 0.717) is 48.1 Å². The molecular formula is C32H37Cl2N9O3. The standard InChI is InChI=1S/C32H37Cl2N9O3/c1-5-42-13-10-24-22(16-42)36-30(40(24)3)32(46)39-21-9-12-35-28(27(21)34)19-7-6-8-20(26(19)33)38-31(45)29-37-23-17-43(15-18(2)44)14-11-25(23)41(29)4/h6-9,12,18,44H,5,10-11,13-17H2,1-4H3,(H,38,45)(H,35,39,46)/t18-/m0/s1. The first-order valence-electron chi connectivity index (χ1n) is 15.3. The highest BCUT2D eigenvalue weighted by Gasteiger charge is 2.28. The Morgan fingerprint density at radius 1 is 0.891 bits per heavy atom. The molecule has 0 aliphatic carbocycles. The highest BCUT2D eigenvalue weighted by atomic mass is 35.5. The van der Waals surface area contributed by atoms with Gasteiger partial charge in [-0.25, -0.2) is 9.97 Å². The summed E-state index contributed by atoms with van der Waals surface area (Å²) < 4.78 is 3.66. The molecule has 12 nitrogen and oxygen atoms in total. The largest absolute Gasteiger partial charge is 0.392 e. The lowest BCUT2D eigenvalue weighted by Gasteiger charge is -2.27. The minimum atomic E-state index is -0.444. The average Bonchev–Trinajstić information content (AvgIpc) is 3.54. The van der Waals surface area contributed by atoms with Gasteiger partial charge in [-0.1, -0.05) is 42.3 Å². The lowest BCUT2D eigenvalue weighted by Crippen LogP contribution is -2.36. The normalized spacial score (nSPS) is 15.7. The molecule has 0 radical (unpaired) electrons. The van der Waals surface area contributed by atoms with Crippen molar-refractivity contribution in [2.24, 2.45) is 14.1 Å². The van der Waals surface area contributed by atoms with Crippen LogP contribution in [-0.2, 0) is 40.0 Å². The molecule has 0 spiro atoms. The molecule has 14 heteroatoms. The second-order valence-electron chi connectivity index (χ2n) is 11.8. The molecule has 0 unspecified atom stereocenters. The molecule has 3 aromatic heterocycles. The molecule has 0 bridgehead atoms. The number of rotatable bonds is 8. The summed E-state index contributed by atoms with van der Waals surface area (Å²) in [6.45, 7) is 8.32. The molecule has 2 aliphatic heterocycles. The summed E-state index contributed by atoms with van der Waals surface area (Å²) in [5.74, 6) is -0.202. The number of imidazole rings is 2. The highest BCUT2D eigenvalue weighted by Crippen LogP contribution is 2.39. The van der Waals surface area contributed by atoms with Gasteiger partial charge in [0.25, 0.3) is 11.8 Å². The van der Waals surface area contributed by atoms with Crippen molar-refractivity contribution in [3.05, 3.63) is 74.9 Å². The quantitative estimate of drug-likeness (QED) is 0.256.